The van der Waals surface area contributed by atoms with Gasteiger partial charge in [-0.1, -0.05) is 29.8 Å². The summed E-state index contributed by atoms with van der Waals surface area (Å²) in [4.78, 5) is 18.7. The fraction of sp³-hybridized carbons (Fsp3) is 0.133. The SMILES string of the molecule is Cc1nc(-c2cccc(-c3ccnn3C)c2)c(Cl)c(=O)[nH]1. The molecule has 0 fully saturated rings. The predicted molar refractivity (Wildman–Crippen MR) is 82.2 cm³/mol. The summed E-state index contributed by atoms with van der Waals surface area (Å²) < 4.78 is 1.79. The monoisotopic (exact) mass is 300 g/mol. The number of aryl methyl sites for hydroxylation is 2. The van der Waals surface area contributed by atoms with Gasteiger partial charge >= 0.3 is 0 Å². The van der Waals surface area contributed by atoms with Crippen LogP contribution in [-0.4, -0.2) is 19.7 Å². The van der Waals surface area contributed by atoms with Gasteiger partial charge in [0.2, 0.25) is 0 Å². The van der Waals surface area contributed by atoms with E-state index in [-0.39, 0.29) is 10.6 Å². The Morgan fingerprint density at radius 3 is 2.71 bits per heavy atom. The molecule has 106 valence electrons. The molecule has 0 aliphatic carbocycles. The lowest BCUT2D eigenvalue weighted by Gasteiger charge is -2.07. The first-order chi connectivity index (χ1) is 10.1. The first-order valence-corrected chi connectivity index (χ1v) is 6.79. The zero-order chi connectivity index (χ0) is 15.0. The second kappa shape index (κ2) is 5.18. The smallest absolute Gasteiger partial charge is 0.270 e. The van der Waals surface area contributed by atoms with Crippen molar-refractivity contribution in [3.8, 4) is 22.5 Å². The van der Waals surface area contributed by atoms with Crippen LogP contribution in [0.4, 0.5) is 0 Å². The van der Waals surface area contributed by atoms with Gasteiger partial charge in [-0.2, -0.15) is 5.10 Å². The van der Waals surface area contributed by atoms with Crippen LogP contribution in [0.1, 0.15) is 5.82 Å². The minimum atomic E-state index is -0.329. The Morgan fingerprint density at radius 2 is 2.00 bits per heavy atom. The Labute approximate surface area is 126 Å². The zero-order valence-electron chi connectivity index (χ0n) is 11.6. The summed E-state index contributed by atoms with van der Waals surface area (Å²) in [7, 11) is 1.88. The van der Waals surface area contributed by atoms with E-state index in [0.717, 1.165) is 16.8 Å². The van der Waals surface area contributed by atoms with Gasteiger partial charge in [-0.25, -0.2) is 4.98 Å². The largest absolute Gasteiger partial charge is 0.309 e. The van der Waals surface area contributed by atoms with Crippen molar-refractivity contribution in [2.24, 2.45) is 7.05 Å². The quantitative estimate of drug-likeness (QED) is 0.791. The molecule has 0 saturated heterocycles. The molecular formula is C15H13ClN4O. The maximum Gasteiger partial charge on any atom is 0.270 e. The van der Waals surface area contributed by atoms with Gasteiger partial charge in [-0.3, -0.25) is 9.48 Å². The van der Waals surface area contributed by atoms with Crippen molar-refractivity contribution in [3.05, 3.63) is 57.7 Å². The van der Waals surface area contributed by atoms with Crippen LogP contribution in [0.2, 0.25) is 5.02 Å². The number of nitrogens with one attached hydrogen (secondary N) is 1. The van der Waals surface area contributed by atoms with Gasteiger partial charge in [0, 0.05) is 24.4 Å². The third kappa shape index (κ3) is 2.48. The summed E-state index contributed by atoms with van der Waals surface area (Å²) in [5.74, 6) is 0.533. The van der Waals surface area contributed by atoms with Crippen LogP contribution >= 0.6 is 11.6 Å². The van der Waals surface area contributed by atoms with Crippen LogP contribution < -0.4 is 5.56 Å². The summed E-state index contributed by atoms with van der Waals surface area (Å²) in [6.45, 7) is 1.73. The van der Waals surface area contributed by atoms with Crippen LogP contribution in [-0.2, 0) is 7.05 Å². The minimum Gasteiger partial charge on any atom is -0.309 e. The summed E-state index contributed by atoms with van der Waals surface area (Å²) >= 11 is 6.08. The molecule has 2 heterocycles. The van der Waals surface area contributed by atoms with Crippen molar-refractivity contribution < 1.29 is 0 Å². The fourth-order valence-corrected chi connectivity index (χ4v) is 2.44. The standard InChI is InChI=1S/C15H13ClN4O/c1-9-18-14(13(16)15(21)19-9)11-5-3-4-10(8-11)12-6-7-17-20(12)2/h3-8H,1-2H3,(H,18,19,21). The third-order valence-corrected chi connectivity index (χ3v) is 3.58. The number of hydrogen-bond acceptors (Lipinski definition) is 3. The molecule has 3 aromatic rings. The van der Waals surface area contributed by atoms with E-state index in [0.29, 0.717) is 11.5 Å². The Kier molecular flexibility index (Phi) is 3.35. The van der Waals surface area contributed by atoms with Crippen LogP contribution in [0.5, 0.6) is 0 Å². The Bertz CT molecular complexity index is 866. The maximum atomic E-state index is 11.8. The summed E-state index contributed by atoms with van der Waals surface area (Å²) in [6.07, 6.45) is 1.74. The van der Waals surface area contributed by atoms with Crippen LogP contribution in [0.15, 0.2) is 41.3 Å². The normalized spacial score (nSPS) is 10.8. The van der Waals surface area contributed by atoms with E-state index in [1.54, 1.807) is 17.8 Å². The van der Waals surface area contributed by atoms with Crippen molar-refractivity contribution in [2.45, 2.75) is 6.92 Å². The molecule has 2 aromatic heterocycles. The van der Waals surface area contributed by atoms with Gasteiger partial charge in [0.25, 0.3) is 5.56 Å². The summed E-state index contributed by atoms with van der Waals surface area (Å²) in [5.41, 5.74) is 2.93. The summed E-state index contributed by atoms with van der Waals surface area (Å²) in [5, 5.41) is 4.26. The maximum absolute atomic E-state index is 11.8. The molecule has 0 bridgehead atoms. The number of aromatic amines is 1. The van der Waals surface area contributed by atoms with Crippen LogP contribution in [0, 0.1) is 6.92 Å². The minimum absolute atomic E-state index is 0.0998. The fourth-order valence-electron chi connectivity index (χ4n) is 2.25. The first-order valence-electron chi connectivity index (χ1n) is 6.41. The van der Waals surface area contributed by atoms with E-state index in [1.807, 2.05) is 37.4 Å². The Balaban J connectivity index is 2.17. The number of hydrogen-bond donors (Lipinski definition) is 1. The first kappa shape index (κ1) is 13.6. The molecule has 0 radical (unpaired) electrons. The van der Waals surface area contributed by atoms with Crippen molar-refractivity contribution in [1.29, 1.82) is 0 Å². The number of nitrogens with zero attached hydrogens (tertiary/aromatic N) is 3. The molecule has 21 heavy (non-hydrogen) atoms. The van der Waals surface area contributed by atoms with Gasteiger partial charge in [-0.15, -0.1) is 0 Å². The average molecular weight is 301 g/mol. The zero-order valence-corrected chi connectivity index (χ0v) is 12.3. The molecule has 0 aliphatic rings. The van der Waals surface area contributed by atoms with Gasteiger partial charge in [0.1, 0.15) is 10.8 Å². The highest BCUT2D eigenvalue weighted by molar-refractivity contribution is 6.32. The van der Waals surface area contributed by atoms with Crippen LogP contribution in [0.25, 0.3) is 22.5 Å². The number of H-pyrrole nitrogens is 1. The topological polar surface area (TPSA) is 63.6 Å². The van der Waals surface area contributed by atoms with E-state index in [4.69, 9.17) is 11.6 Å². The lowest BCUT2D eigenvalue weighted by molar-refractivity contribution is 0.776. The number of halogens is 1. The number of rotatable bonds is 2. The molecule has 0 aliphatic heterocycles. The van der Waals surface area contributed by atoms with Gasteiger partial charge < -0.3 is 4.98 Å². The van der Waals surface area contributed by atoms with E-state index >= 15 is 0 Å². The molecule has 1 aromatic carbocycles. The highest BCUT2D eigenvalue weighted by Gasteiger charge is 2.11. The van der Waals surface area contributed by atoms with Crippen LogP contribution in [0.3, 0.4) is 0 Å². The van der Waals surface area contributed by atoms with E-state index < -0.39 is 0 Å². The van der Waals surface area contributed by atoms with Crippen molar-refractivity contribution in [1.82, 2.24) is 19.7 Å². The van der Waals surface area contributed by atoms with Gasteiger partial charge in [0.15, 0.2) is 0 Å². The molecular weight excluding hydrogens is 288 g/mol. The molecule has 0 spiro atoms. The lowest BCUT2D eigenvalue weighted by atomic mass is 10.1. The van der Waals surface area contributed by atoms with E-state index in [9.17, 15) is 4.79 Å². The van der Waals surface area contributed by atoms with E-state index in [1.165, 1.54) is 0 Å². The molecule has 3 rings (SSSR count). The Morgan fingerprint density at radius 1 is 1.24 bits per heavy atom. The molecule has 0 amide bonds. The highest BCUT2D eigenvalue weighted by Crippen LogP contribution is 2.27. The third-order valence-electron chi connectivity index (χ3n) is 3.23. The summed E-state index contributed by atoms with van der Waals surface area (Å²) in [6, 6.07) is 9.65. The molecule has 0 saturated carbocycles. The van der Waals surface area contributed by atoms with E-state index in [2.05, 4.69) is 15.1 Å². The average Bonchev–Trinajstić information content (AvgIpc) is 2.89. The molecule has 1 N–H and O–H groups in total. The van der Waals surface area contributed by atoms with Gasteiger partial charge in [-0.05, 0) is 19.1 Å². The van der Waals surface area contributed by atoms with Gasteiger partial charge in [0.05, 0.1) is 11.4 Å². The highest BCUT2D eigenvalue weighted by atomic mass is 35.5. The molecule has 0 atom stereocenters. The lowest BCUT2D eigenvalue weighted by Crippen LogP contribution is -2.11. The van der Waals surface area contributed by atoms with Crippen molar-refractivity contribution in [3.63, 3.8) is 0 Å². The molecule has 0 unspecified atom stereocenters. The molecule has 5 nitrogen and oxygen atoms in total. The second-order valence-corrected chi connectivity index (χ2v) is 5.11. The Hall–Kier alpha value is -2.40. The number of aromatic nitrogens is 4. The second-order valence-electron chi connectivity index (χ2n) is 4.73. The number of benzene rings is 1. The van der Waals surface area contributed by atoms with Crippen molar-refractivity contribution in [2.75, 3.05) is 0 Å². The predicted octanol–water partition coefficient (Wildman–Crippen LogP) is 2.80. The van der Waals surface area contributed by atoms with Crippen molar-refractivity contribution >= 4 is 11.6 Å². The molecule has 6 heteroatoms.